The molecular weight excluding hydrogens is 222 g/mol. The van der Waals surface area contributed by atoms with Crippen molar-refractivity contribution in [3.63, 3.8) is 0 Å². The Bertz CT molecular complexity index is 743. The normalized spacial score (nSPS) is 16.7. The zero-order chi connectivity index (χ0) is 12.0. The molecule has 3 rings (SSSR count). The van der Waals surface area contributed by atoms with Gasteiger partial charge in [0.1, 0.15) is 5.70 Å². The van der Waals surface area contributed by atoms with Crippen LogP contribution in [0.25, 0.3) is 11.8 Å². The Kier molecular flexibility index (Phi) is 1.79. The van der Waals surface area contributed by atoms with Crippen LogP contribution in [0, 0.1) is 0 Å². The number of aliphatic carboxylic acids is 1. The minimum absolute atomic E-state index is 0.0173. The fourth-order valence-corrected chi connectivity index (χ4v) is 1.81. The topological polar surface area (TPSA) is 92.0 Å². The van der Waals surface area contributed by atoms with E-state index < -0.39 is 11.8 Å². The summed E-state index contributed by atoms with van der Waals surface area (Å²) in [7, 11) is 0. The van der Waals surface area contributed by atoms with E-state index in [2.05, 4.69) is 15.2 Å². The van der Waals surface area contributed by atoms with Gasteiger partial charge in [-0.2, -0.15) is 0 Å². The highest BCUT2D eigenvalue weighted by Crippen LogP contribution is 2.27. The molecule has 1 aromatic rings. The van der Waals surface area contributed by atoms with E-state index in [9.17, 15) is 9.59 Å². The predicted octanol–water partition coefficient (Wildman–Crippen LogP) is -0.642. The molecule has 0 aromatic carbocycles. The molecule has 6 heteroatoms. The summed E-state index contributed by atoms with van der Waals surface area (Å²) in [5.74, 6) is -1.66. The maximum Gasteiger partial charge on any atom is 0.357 e. The van der Waals surface area contributed by atoms with Crippen molar-refractivity contribution in [2.45, 2.75) is 0 Å². The summed E-state index contributed by atoms with van der Waals surface area (Å²) >= 11 is 0. The zero-order valence-electron chi connectivity index (χ0n) is 8.41. The van der Waals surface area contributed by atoms with Crippen LogP contribution in [0.1, 0.15) is 0 Å². The molecule has 0 radical (unpaired) electrons. The molecule has 17 heavy (non-hydrogen) atoms. The average Bonchev–Trinajstić information content (AvgIpc) is 2.74. The molecule has 2 aliphatic rings. The van der Waals surface area contributed by atoms with Gasteiger partial charge in [0.2, 0.25) is 0 Å². The van der Waals surface area contributed by atoms with Crippen LogP contribution in [0.15, 0.2) is 39.8 Å². The third-order valence-corrected chi connectivity index (χ3v) is 2.52. The summed E-state index contributed by atoms with van der Waals surface area (Å²) in [6, 6.07) is 3.42. The third kappa shape index (κ3) is 1.24. The van der Waals surface area contributed by atoms with E-state index >= 15 is 0 Å². The summed E-state index contributed by atoms with van der Waals surface area (Å²) in [4.78, 5) is 26.8. The van der Waals surface area contributed by atoms with E-state index in [-0.39, 0.29) is 17.0 Å². The monoisotopic (exact) mass is 227 g/mol. The maximum atomic E-state index is 11.8. The molecule has 2 heterocycles. The largest absolute Gasteiger partial charge is 0.476 e. The van der Waals surface area contributed by atoms with Crippen LogP contribution in [0.5, 0.6) is 0 Å². The van der Waals surface area contributed by atoms with Crippen LogP contribution in [-0.2, 0) is 9.59 Å². The van der Waals surface area contributed by atoms with Crippen LogP contribution in [-0.4, -0.2) is 21.8 Å². The van der Waals surface area contributed by atoms with Crippen LogP contribution in [0.4, 0.5) is 0 Å². The lowest BCUT2D eigenvalue weighted by Crippen LogP contribution is -2.35. The first-order valence-electron chi connectivity index (χ1n) is 4.79. The second-order valence-electron chi connectivity index (χ2n) is 3.53. The van der Waals surface area contributed by atoms with Crippen molar-refractivity contribution < 1.29 is 14.7 Å². The number of fused-ring (bicyclic) bond motifs is 2. The van der Waals surface area contributed by atoms with Crippen LogP contribution < -0.4 is 10.6 Å². The molecule has 0 atom stereocenters. The first-order chi connectivity index (χ1) is 8.18. The van der Waals surface area contributed by atoms with Gasteiger partial charge in [-0.25, -0.2) is 4.79 Å². The van der Waals surface area contributed by atoms with Gasteiger partial charge in [0.15, 0.2) is 11.5 Å². The van der Waals surface area contributed by atoms with Gasteiger partial charge in [-0.05, 0) is 12.1 Å². The number of pyridine rings is 1. The number of azo groups is 1. The average molecular weight is 227 g/mol. The Balaban J connectivity index is 2.47. The van der Waals surface area contributed by atoms with Crippen molar-refractivity contribution in [3.8, 4) is 0 Å². The van der Waals surface area contributed by atoms with Crippen molar-refractivity contribution in [2.75, 3.05) is 0 Å². The van der Waals surface area contributed by atoms with E-state index in [4.69, 9.17) is 5.11 Å². The molecule has 0 fully saturated rings. The standard InChI is InChI=1S/C11H5N3O3/c15-6-4-5-2-1-3-12-8(5)9-7(6)10(11(16)17)14-13-9/h1-4H,(H,16,17). The fraction of sp³-hybridized carbons (Fsp3) is 0. The smallest absolute Gasteiger partial charge is 0.357 e. The van der Waals surface area contributed by atoms with Crippen molar-refractivity contribution in [1.82, 2.24) is 4.98 Å². The van der Waals surface area contributed by atoms with Crippen molar-refractivity contribution in [3.05, 3.63) is 40.2 Å². The molecule has 0 bridgehead atoms. The number of ketones is 1. The minimum Gasteiger partial charge on any atom is -0.476 e. The lowest BCUT2D eigenvalue weighted by Gasteiger charge is -2.04. The molecule has 1 aliphatic carbocycles. The zero-order valence-corrected chi connectivity index (χ0v) is 8.41. The fourth-order valence-electron chi connectivity index (χ4n) is 1.81. The molecular formula is C11H5N3O3. The number of carbonyl (C=O) groups is 2. The number of hydrogen-bond donors (Lipinski definition) is 1. The number of nitrogens with zero attached hydrogens (tertiary/aromatic N) is 3. The molecule has 0 saturated heterocycles. The summed E-state index contributed by atoms with van der Waals surface area (Å²) in [6.07, 6.45) is 2.90. The van der Waals surface area contributed by atoms with Crippen LogP contribution >= 0.6 is 0 Å². The molecule has 6 nitrogen and oxygen atoms in total. The van der Waals surface area contributed by atoms with Gasteiger partial charge >= 0.3 is 5.97 Å². The van der Waals surface area contributed by atoms with Crippen molar-refractivity contribution in [2.24, 2.45) is 10.2 Å². The maximum absolute atomic E-state index is 11.8. The molecule has 1 aliphatic heterocycles. The minimum atomic E-state index is -1.26. The third-order valence-electron chi connectivity index (χ3n) is 2.52. The number of aromatic nitrogens is 1. The molecule has 82 valence electrons. The Morgan fingerprint density at radius 2 is 2.12 bits per heavy atom. The number of rotatable bonds is 1. The van der Waals surface area contributed by atoms with Crippen LogP contribution in [0.3, 0.4) is 0 Å². The highest BCUT2D eigenvalue weighted by atomic mass is 16.4. The van der Waals surface area contributed by atoms with Gasteiger partial charge in [0, 0.05) is 11.4 Å². The Hall–Kier alpha value is -2.63. The molecule has 0 amide bonds. The molecule has 1 N–H and O–H groups in total. The Labute approximate surface area is 94.3 Å². The van der Waals surface area contributed by atoms with Gasteiger partial charge in [-0.3, -0.25) is 9.78 Å². The SMILES string of the molecule is O=C(O)C1=C2C(=O)C=c3cccnc3=C2N=N1. The van der Waals surface area contributed by atoms with E-state index in [1.807, 2.05) is 0 Å². The quantitative estimate of drug-likeness (QED) is 0.690. The molecule has 1 aromatic heterocycles. The van der Waals surface area contributed by atoms with Gasteiger partial charge < -0.3 is 5.11 Å². The van der Waals surface area contributed by atoms with Crippen molar-refractivity contribution >= 4 is 23.5 Å². The highest BCUT2D eigenvalue weighted by molar-refractivity contribution is 6.27. The number of hydrogen-bond acceptors (Lipinski definition) is 5. The van der Waals surface area contributed by atoms with E-state index in [1.165, 1.54) is 6.08 Å². The van der Waals surface area contributed by atoms with Crippen molar-refractivity contribution in [1.29, 1.82) is 0 Å². The highest BCUT2D eigenvalue weighted by Gasteiger charge is 2.30. The molecule has 0 spiro atoms. The first-order valence-corrected chi connectivity index (χ1v) is 4.79. The Morgan fingerprint density at radius 1 is 1.29 bits per heavy atom. The summed E-state index contributed by atoms with van der Waals surface area (Å²) in [5, 5.41) is 17.3. The Morgan fingerprint density at radius 3 is 2.88 bits per heavy atom. The van der Waals surface area contributed by atoms with Crippen LogP contribution in [0.2, 0.25) is 0 Å². The second kappa shape index (κ2) is 3.18. The number of carbonyl (C=O) groups excluding carboxylic acids is 1. The van der Waals surface area contributed by atoms with E-state index in [1.54, 1.807) is 18.3 Å². The number of carboxylic acids is 1. The number of Topliss-reactive ketones (excluding diaryl/α,β-unsaturated/α-hetero) is 1. The lowest BCUT2D eigenvalue weighted by molar-refractivity contribution is -0.133. The molecule has 0 saturated carbocycles. The first kappa shape index (κ1) is 9.59. The van der Waals surface area contributed by atoms with Gasteiger partial charge in [-0.1, -0.05) is 6.07 Å². The second-order valence-corrected chi connectivity index (χ2v) is 3.53. The van der Waals surface area contributed by atoms with Gasteiger partial charge in [0.05, 0.1) is 10.9 Å². The van der Waals surface area contributed by atoms with Gasteiger partial charge in [0.25, 0.3) is 0 Å². The summed E-state index contributed by atoms with van der Waals surface area (Å²) in [6.45, 7) is 0. The molecule has 0 unspecified atom stereocenters. The van der Waals surface area contributed by atoms with E-state index in [0.29, 0.717) is 10.6 Å². The van der Waals surface area contributed by atoms with E-state index in [0.717, 1.165) is 0 Å². The summed E-state index contributed by atoms with van der Waals surface area (Å²) < 4.78 is 0. The predicted molar refractivity (Wildman–Crippen MR) is 55.9 cm³/mol. The summed E-state index contributed by atoms with van der Waals surface area (Å²) in [5.41, 5.74) is -0.0632. The number of carboxylic acid groups (broad SMARTS) is 1. The van der Waals surface area contributed by atoms with Gasteiger partial charge in [-0.15, -0.1) is 10.2 Å². The lowest BCUT2D eigenvalue weighted by atomic mass is 10.00.